The Morgan fingerprint density at radius 2 is 1.37 bits per heavy atom. The third-order valence-corrected chi connectivity index (χ3v) is 7.22. The van der Waals surface area contributed by atoms with Gasteiger partial charge in [0.05, 0.1) is 45.5 Å². The average molecular weight is 618 g/mol. The zero-order chi connectivity index (χ0) is 25.7. The Balaban J connectivity index is 0.00000253. The first kappa shape index (κ1) is 31.7. The zero-order valence-corrected chi connectivity index (χ0v) is 24.2. The van der Waals surface area contributed by atoms with Gasteiger partial charge in [-0.15, -0.1) is 59.4 Å². The number of hydrogen-bond acceptors (Lipinski definition) is 7. The lowest BCUT2D eigenvalue weighted by Crippen LogP contribution is -2.25. The Kier molecular flexibility index (Phi) is 12.1. The smallest absolute Gasteiger partial charge is 0.196 e. The molecule has 0 amide bonds. The zero-order valence-electron chi connectivity index (χ0n) is 20.3. The highest BCUT2D eigenvalue weighted by Gasteiger charge is 2.36. The van der Waals surface area contributed by atoms with E-state index in [1.54, 1.807) is 24.3 Å². The minimum absolute atomic E-state index is 0. The molecule has 8 nitrogen and oxygen atoms in total. The maximum Gasteiger partial charge on any atom is 0.196 e. The Bertz CT molecular complexity index is 1380. The van der Waals surface area contributed by atoms with E-state index >= 15 is 0 Å². The van der Waals surface area contributed by atoms with Gasteiger partial charge in [-0.05, 0) is 17.9 Å². The minimum atomic E-state index is -0.192. The van der Waals surface area contributed by atoms with E-state index in [0.29, 0.717) is 77.9 Å². The maximum absolute atomic E-state index is 13.7. The number of alkyl halides is 2. The number of hydrogen-bond donors (Lipinski definition) is 4. The highest BCUT2D eigenvalue weighted by atomic mass is 35.5. The second-order valence-corrected chi connectivity index (χ2v) is 9.54. The molecule has 4 rings (SSSR count). The van der Waals surface area contributed by atoms with Crippen molar-refractivity contribution < 1.29 is 9.59 Å². The lowest BCUT2D eigenvalue weighted by Gasteiger charge is -2.25. The second-order valence-electron chi connectivity index (χ2n) is 8.09. The van der Waals surface area contributed by atoms with Crippen molar-refractivity contribution in [3.8, 4) is 0 Å². The summed E-state index contributed by atoms with van der Waals surface area (Å²) in [5.74, 6) is 0.693. The molecular formula is C25H28Cl4N6O2S. The maximum atomic E-state index is 13.7. The number of fused-ring (bicyclic) bond motifs is 3. The summed E-state index contributed by atoms with van der Waals surface area (Å²) in [5, 5.41) is 9.56. The molecule has 0 fully saturated rings. The van der Waals surface area contributed by atoms with E-state index < -0.39 is 0 Å². The van der Waals surface area contributed by atoms with Crippen molar-refractivity contribution >= 4 is 104 Å². The van der Waals surface area contributed by atoms with Crippen LogP contribution in [0, 0.1) is 0 Å². The number of halogens is 4. The summed E-state index contributed by atoms with van der Waals surface area (Å²) in [6.07, 6.45) is 0.679. The largest absolute Gasteiger partial charge is 0.386 e. The predicted molar refractivity (Wildman–Crippen MR) is 166 cm³/mol. The lowest BCUT2D eigenvalue weighted by atomic mass is 9.81. The molecule has 0 atom stereocenters. The Labute approximate surface area is 247 Å². The van der Waals surface area contributed by atoms with Crippen LogP contribution in [-0.2, 0) is 0 Å². The molecule has 0 saturated heterocycles. The lowest BCUT2D eigenvalue weighted by molar-refractivity contribution is 0.0980. The molecule has 6 N–H and O–H groups in total. The topological polar surface area (TPSA) is 135 Å². The van der Waals surface area contributed by atoms with Crippen molar-refractivity contribution in [3.63, 3.8) is 0 Å². The van der Waals surface area contributed by atoms with Gasteiger partial charge in [-0.1, -0.05) is 24.3 Å². The average Bonchev–Trinajstić information content (AvgIpc) is 3.39. The Morgan fingerprint density at radius 1 is 0.816 bits per heavy atom. The number of nitrogens with zero attached hydrogens (tertiary/aromatic N) is 2. The molecule has 0 unspecified atom stereocenters. The molecule has 1 aromatic heterocycles. The molecule has 13 heteroatoms. The van der Waals surface area contributed by atoms with Gasteiger partial charge < -0.3 is 22.1 Å². The van der Waals surface area contributed by atoms with E-state index in [-0.39, 0.29) is 48.1 Å². The van der Waals surface area contributed by atoms with Gasteiger partial charge in [-0.3, -0.25) is 19.6 Å². The van der Waals surface area contributed by atoms with Gasteiger partial charge in [0.15, 0.2) is 11.6 Å². The van der Waals surface area contributed by atoms with Crippen molar-refractivity contribution in [1.82, 2.24) is 0 Å². The van der Waals surface area contributed by atoms with Crippen LogP contribution in [0.4, 0.5) is 11.4 Å². The number of carbonyl (C=O) groups is 2. The Hall–Kier alpha value is -2.56. The van der Waals surface area contributed by atoms with E-state index in [1.165, 1.54) is 11.3 Å². The predicted octanol–water partition coefficient (Wildman–Crippen LogP) is 4.93. The first-order valence-corrected chi connectivity index (χ1v) is 13.4. The molecule has 1 aliphatic carbocycles. The van der Waals surface area contributed by atoms with Crippen molar-refractivity contribution in [2.24, 2.45) is 21.5 Å². The standard InChI is InChI=1S/C25H26Cl2N6O2S.2ClH/c26-12-17(28)30-7-3-8-32-22-20-19(23(34)14-4-1-2-5-15(14)24(20)35)21(16-6-11-36-25(16)22)33-10-9-31-18(29)13-27;;/h1-2,4-6,11,32-33H,3,7-10,12-13H2,(H2,28,30)(H2,29,31);2*1H. The van der Waals surface area contributed by atoms with Crippen molar-refractivity contribution in [3.05, 3.63) is 58.0 Å². The number of nitrogens with two attached hydrogens (primary N) is 2. The number of nitrogens with one attached hydrogen (secondary N) is 2. The number of carbonyl (C=O) groups excluding carboxylic acids is 2. The molecule has 38 heavy (non-hydrogen) atoms. The summed E-state index contributed by atoms with van der Waals surface area (Å²) >= 11 is 12.9. The molecule has 3 aromatic rings. The van der Waals surface area contributed by atoms with Gasteiger partial charge in [0.2, 0.25) is 0 Å². The number of aliphatic imine (C=N–C) groups is 2. The van der Waals surface area contributed by atoms with Gasteiger partial charge >= 0.3 is 0 Å². The summed E-state index contributed by atoms with van der Waals surface area (Å²) in [6, 6.07) is 8.87. The number of benzene rings is 2. The van der Waals surface area contributed by atoms with E-state index in [2.05, 4.69) is 20.6 Å². The molecule has 0 spiro atoms. The molecule has 0 bridgehead atoms. The molecular weight excluding hydrogens is 590 g/mol. The normalized spacial score (nSPS) is 12.9. The summed E-state index contributed by atoms with van der Waals surface area (Å²) in [4.78, 5) is 35.9. The quantitative estimate of drug-likeness (QED) is 0.0620. The number of thiophene rings is 1. The van der Waals surface area contributed by atoms with Crippen LogP contribution >= 0.6 is 59.4 Å². The highest BCUT2D eigenvalue weighted by Crippen LogP contribution is 2.45. The van der Waals surface area contributed by atoms with Crippen LogP contribution in [0.2, 0.25) is 0 Å². The van der Waals surface area contributed by atoms with E-state index in [1.807, 2.05) is 11.4 Å². The number of rotatable bonds is 11. The summed E-state index contributed by atoms with van der Waals surface area (Å²) in [6.45, 7) is 1.85. The van der Waals surface area contributed by atoms with Gasteiger partial charge in [0.25, 0.3) is 0 Å². The van der Waals surface area contributed by atoms with E-state index in [4.69, 9.17) is 34.7 Å². The van der Waals surface area contributed by atoms with Gasteiger partial charge in [-0.25, -0.2) is 0 Å². The monoisotopic (exact) mass is 616 g/mol. The summed E-state index contributed by atoms with van der Waals surface area (Å²) in [5.41, 5.74) is 14.2. The third-order valence-electron chi connectivity index (χ3n) is 5.74. The van der Waals surface area contributed by atoms with Crippen LogP contribution in [0.25, 0.3) is 10.1 Å². The van der Waals surface area contributed by atoms with Crippen molar-refractivity contribution in [2.75, 3.05) is 48.6 Å². The number of ketones is 2. The molecule has 2 aromatic carbocycles. The fourth-order valence-corrected chi connectivity index (χ4v) is 5.23. The summed E-state index contributed by atoms with van der Waals surface area (Å²) < 4.78 is 0.893. The molecule has 0 saturated carbocycles. The van der Waals surface area contributed by atoms with Gasteiger partial charge in [-0.2, -0.15) is 0 Å². The molecule has 0 aliphatic heterocycles. The van der Waals surface area contributed by atoms with Crippen molar-refractivity contribution in [1.29, 1.82) is 0 Å². The van der Waals surface area contributed by atoms with E-state index in [0.717, 1.165) is 10.1 Å². The van der Waals surface area contributed by atoms with Crippen LogP contribution in [0.15, 0.2) is 45.7 Å². The van der Waals surface area contributed by atoms with Crippen LogP contribution in [0.3, 0.4) is 0 Å². The first-order valence-electron chi connectivity index (χ1n) is 11.4. The van der Waals surface area contributed by atoms with Crippen molar-refractivity contribution in [2.45, 2.75) is 6.42 Å². The third kappa shape index (κ3) is 6.52. The van der Waals surface area contributed by atoms with Gasteiger partial charge in [0.1, 0.15) is 11.7 Å². The molecule has 1 heterocycles. The molecule has 1 aliphatic rings. The first-order chi connectivity index (χ1) is 17.5. The molecule has 204 valence electrons. The fourth-order valence-electron chi connectivity index (χ4n) is 4.13. The van der Waals surface area contributed by atoms with Gasteiger partial charge in [0, 0.05) is 36.1 Å². The van der Waals surface area contributed by atoms with E-state index in [9.17, 15) is 9.59 Å². The minimum Gasteiger partial charge on any atom is -0.386 e. The van der Waals surface area contributed by atoms with Crippen LogP contribution < -0.4 is 22.1 Å². The highest BCUT2D eigenvalue weighted by molar-refractivity contribution is 7.18. The fraction of sp³-hybridized carbons (Fsp3) is 0.280. The number of anilines is 2. The SMILES string of the molecule is Cl.Cl.NC(CCl)=NCCCNc1c2c(c(NCCN=C(N)CCl)c3ccsc13)C(=O)c1ccccc1C2=O. The summed E-state index contributed by atoms with van der Waals surface area (Å²) in [7, 11) is 0. The van der Waals surface area contributed by atoms with Crippen LogP contribution in [-0.4, -0.2) is 61.2 Å². The second kappa shape index (κ2) is 14.6. The van der Waals surface area contributed by atoms with Crippen LogP contribution in [0.1, 0.15) is 38.3 Å². The van der Waals surface area contributed by atoms with Crippen LogP contribution in [0.5, 0.6) is 0 Å². The molecule has 0 radical (unpaired) electrons. The number of amidine groups is 2. The Morgan fingerprint density at radius 3 is 1.97 bits per heavy atom.